The molecule has 0 amide bonds. The normalized spacial score (nSPS) is 9.47. The van der Waals surface area contributed by atoms with Crippen molar-refractivity contribution in [2.24, 2.45) is 0 Å². The topological polar surface area (TPSA) is 50.1 Å². The molecular formula is C10H7BrFNO2. The molecule has 5 heteroatoms. The third-order valence-electron chi connectivity index (χ3n) is 1.83. The maximum Gasteiger partial charge on any atom is 0.174 e. The summed E-state index contributed by atoms with van der Waals surface area (Å²) in [5.74, 6) is -0.888. The number of nitrogens with zero attached hydrogens (tertiary/aromatic N) is 1. The lowest BCUT2D eigenvalue weighted by Crippen LogP contribution is -2.05. The molecule has 0 saturated carbocycles. The van der Waals surface area contributed by atoms with E-state index in [4.69, 9.17) is 10.00 Å². The van der Waals surface area contributed by atoms with Gasteiger partial charge >= 0.3 is 0 Å². The lowest BCUT2D eigenvalue weighted by atomic mass is 10.0. The molecular weight excluding hydrogens is 265 g/mol. The number of alkyl halides is 1. The second-order valence-corrected chi connectivity index (χ2v) is 3.26. The lowest BCUT2D eigenvalue weighted by Gasteiger charge is -2.05. The summed E-state index contributed by atoms with van der Waals surface area (Å²) in [6, 6.07) is 4.08. The molecule has 3 nitrogen and oxygen atoms in total. The Balaban J connectivity index is 3.40. The fourth-order valence-electron chi connectivity index (χ4n) is 1.11. The largest absolute Gasteiger partial charge is 0.497 e. The van der Waals surface area contributed by atoms with Crippen molar-refractivity contribution in [1.29, 1.82) is 5.26 Å². The minimum Gasteiger partial charge on any atom is -0.497 e. The number of hydrogen-bond donors (Lipinski definition) is 0. The molecule has 0 radical (unpaired) electrons. The molecule has 0 saturated heterocycles. The van der Waals surface area contributed by atoms with E-state index in [9.17, 15) is 9.18 Å². The van der Waals surface area contributed by atoms with Gasteiger partial charge in [0.15, 0.2) is 5.78 Å². The van der Waals surface area contributed by atoms with Crippen LogP contribution in [0.5, 0.6) is 5.75 Å². The molecule has 0 aliphatic heterocycles. The van der Waals surface area contributed by atoms with Gasteiger partial charge in [0.2, 0.25) is 0 Å². The average molecular weight is 272 g/mol. The Morgan fingerprint density at radius 2 is 2.33 bits per heavy atom. The summed E-state index contributed by atoms with van der Waals surface area (Å²) in [4.78, 5) is 11.4. The summed E-state index contributed by atoms with van der Waals surface area (Å²) in [5.41, 5.74) is -0.216. The molecule has 0 fully saturated rings. The van der Waals surface area contributed by atoms with Crippen LogP contribution in [0.1, 0.15) is 15.9 Å². The highest BCUT2D eigenvalue weighted by Gasteiger charge is 2.16. The molecule has 0 heterocycles. The van der Waals surface area contributed by atoms with Crippen LogP contribution in [-0.4, -0.2) is 18.2 Å². The first kappa shape index (κ1) is 11.7. The second-order valence-electron chi connectivity index (χ2n) is 2.70. The number of carbonyl (C=O) groups is 1. The fourth-order valence-corrected chi connectivity index (χ4v) is 1.41. The molecule has 0 unspecified atom stereocenters. The van der Waals surface area contributed by atoms with E-state index in [1.807, 2.05) is 0 Å². The fraction of sp³-hybridized carbons (Fsp3) is 0.200. The molecule has 15 heavy (non-hydrogen) atoms. The minimum atomic E-state index is -0.749. The van der Waals surface area contributed by atoms with E-state index < -0.39 is 5.82 Å². The summed E-state index contributed by atoms with van der Waals surface area (Å²) in [6.07, 6.45) is 0. The van der Waals surface area contributed by atoms with Crippen molar-refractivity contribution in [2.45, 2.75) is 0 Å². The number of rotatable bonds is 3. The standard InChI is InChI=1S/C10H7BrFNO2/c1-15-6-2-7(10(14)4-11)8(5-13)9(12)3-6/h2-3H,4H2,1H3. The highest BCUT2D eigenvalue weighted by molar-refractivity contribution is 9.09. The first-order valence-electron chi connectivity index (χ1n) is 4.00. The molecule has 0 N–H and O–H groups in total. The van der Waals surface area contributed by atoms with Gasteiger partial charge in [0, 0.05) is 11.6 Å². The van der Waals surface area contributed by atoms with Gasteiger partial charge in [-0.1, -0.05) is 15.9 Å². The van der Waals surface area contributed by atoms with Crippen molar-refractivity contribution in [2.75, 3.05) is 12.4 Å². The molecule has 0 aromatic heterocycles. The SMILES string of the molecule is COc1cc(F)c(C#N)c(C(=O)CBr)c1. The highest BCUT2D eigenvalue weighted by Crippen LogP contribution is 2.21. The van der Waals surface area contributed by atoms with E-state index in [0.717, 1.165) is 6.07 Å². The molecule has 78 valence electrons. The van der Waals surface area contributed by atoms with Gasteiger partial charge in [-0.3, -0.25) is 4.79 Å². The Hall–Kier alpha value is -1.41. The van der Waals surface area contributed by atoms with E-state index in [2.05, 4.69) is 15.9 Å². The summed E-state index contributed by atoms with van der Waals surface area (Å²) in [6.45, 7) is 0. The Bertz CT molecular complexity index is 440. The van der Waals surface area contributed by atoms with E-state index >= 15 is 0 Å². The lowest BCUT2D eigenvalue weighted by molar-refractivity contribution is 0.102. The number of hydrogen-bond acceptors (Lipinski definition) is 3. The van der Waals surface area contributed by atoms with Gasteiger partial charge < -0.3 is 4.74 Å². The molecule has 1 aromatic rings. The first-order valence-corrected chi connectivity index (χ1v) is 5.13. The average Bonchev–Trinajstić information content (AvgIpc) is 2.26. The third-order valence-corrected chi connectivity index (χ3v) is 2.34. The molecule has 0 spiro atoms. The Morgan fingerprint density at radius 3 is 2.80 bits per heavy atom. The third kappa shape index (κ3) is 2.34. The molecule has 0 atom stereocenters. The van der Waals surface area contributed by atoms with Gasteiger partial charge in [-0.25, -0.2) is 4.39 Å². The van der Waals surface area contributed by atoms with Crippen LogP contribution in [0.4, 0.5) is 4.39 Å². The van der Waals surface area contributed by atoms with Crippen molar-refractivity contribution in [1.82, 2.24) is 0 Å². The number of methoxy groups -OCH3 is 1. The van der Waals surface area contributed by atoms with Gasteiger partial charge in [-0.05, 0) is 6.07 Å². The summed E-state index contributed by atoms with van der Waals surface area (Å²) >= 11 is 2.96. The van der Waals surface area contributed by atoms with Crippen LogP contribution < -0.4 is 4.74 Å². The monoisotopic (exact) mass is 271 g/mol. The number of halogens is 2. The molecule has 1 rings (SSSR count). The maximum atomic E-state index is 13.3. The Labute approximate surface area is 94.6 Å². The van der Waals surface area contributed by atoms with Crippen LogP contribution in [0.15, 0.2) is 12.1 Å². The minimum absolute atomic E-state index is 0.0335. The van der Waals surface area contributed by atoms with E-state index in [-0.39, 0.29) is 28.0 Å². The number of carbonyl (C=O) groups excluding carboxylic acids is 1. The molecule has 1 aromatic carbocycles. The summed E-state index contributed by atoms with van der Waals surface area (Å²) < 4.78 is 18.1. The zero-order chi connectivity index (χ0) is 11.4. The number of ketones is 1. The molecule has 0 aliphatic carbocycles. The number of nitriles is 1. The highest BCUT2D eigenvalue weighted by atomic mass is 79.9. The van der Waals surface area contributed by atoms with Gasteiger partial charge in [0.1, 0.15) is 17.6 Å². The van der Waals surface area contributed by atoms with Crippen molar-refractivity contribution >= 4 is 21.7 Å². The maximum absolute atomic E-state index is 13.3. The van der Waals surface area contributed by atoms with E-state index in [1.54, 1.807) is 6.07 Å². The predicted molar refractivity (Wildman–Crippen MR) is 55.8 cm³/mol. The Morgan fingerprint density at radius 1 is 1.67 bits per heavy atom. The Kier molecular flexibility index (Phi) is 3.81. The van der Waals surface area contributed by atoms with Crippen molar-refractivity contribution < 1.29 is 13.9 Å². The summed E-state index contributed by atoms with van der Waals surface area (Å²) in [7, 11) is 1.36. The second kappa shape index (κ2) is 4.89. The van der Waals surface area contributed by atoms with Crippen molar-refractivity contribution in [3.63, 3.8) is 0 Å². The van der Waals surface area contributed by atoms with Crippen LogP contribution in [-0.2, 0) is 0 Å². The van der Waals surface area contributed by atoms with Crippen LogP contribution in [0, 0.1) is 17.1 Å². The van der Waals surface area contributed by atoms with E-state index in [0.29, 0.717) is 0 Å². The van der Waals surface area contributed by atoms with Crippen LogP contribution in [0.2, 0.25) is 0 Å². The van der Waals surface area contributed by atoms with Crippen LogP contribution in [0.25, 0.3) is 0 Å². The quantitative estimate of drug-likeness (QED) is 0.626. The number of ether oxygens (including phenoxy) is 1. The first-order chi connectivity index (χ1) is 7.13. The van der Waals surface area contributed by atoms with Crippen LogP contribution in [0.3, 0.4) is 0 Å². The molecule has 0 aliphatic rings. The predicted octanol–water partition coefficient (Wildman–Crippen LogP) is 2.28. The summed E-state index contributed by atoms with van der Waals surface area (Å²) in [5, 5.41) is 8.74. The smallest absolute Gasteiger partial charge is 0.174 e. The zero-order valence-corrected chi connectivity index (χ0v) is 9.47. The van der Waals surface area contributed by atoms with Crippen LogP contribution >= 0.6 is 15.9 Å². The van der Waals surface area contributed by atoms with Crippen molar-refractivity contribution in [3.8, 4) is 11.8 Å². The van der Waals surface area contributed by atoms with Gasteiger partial charge in [0.05, 0.1) is 18.0 Å². The number of Topliss-reactive ketones (excluding diaryl/α,β-unsaturated/α-hetero) is 1. The van der Waals surface area contributed by atoms with Gasteiger partial charge in [-0.15, -0.1) is 0 Å². The van der Waals surface area contributed by atoms with Gasteiger partial charge in [-0.2, -0.15) is 5.26 Å². The zero-order valence-electron chi connectivity index (χ0n) is 7.88. The van der Waals surface area contributed by atoms with Crippen molar-refractivity contribution in [3.05, 3.63) is 29.1 Å². The van der Waals surface area contributed by atoms with Gasteiger partial charge in [0.25, 0.3) is 0 Å². The number of benzene rings is 1. The molecule has 0 bridgehead atoms. The van der Waals surface area contributed by atoms with E-state index in [1.165, 1.54) is 13.2 Å².